The van der Waals surface area contributed by atoms with E-state index in [0.29, 0.717) is 18.1 Å². The van der Waals surface area contributed by atoms with Gasteiger partial charge in [0.2, 0.25) is 0 Å². The number of benzene rings is 3. The number of ether oxygens (including phenoxy) is 3. The number of rotatable bonds is 7. The maximum Gasteiger partial charge on any atom is 0.172 e. The topological polar surface area (TPSA) is 57.9 Å². The molecule has 164 valence electrons. The number of nitrogens with zero attached hydrogens (tertiary/aromatic N) is 3. The third kappa shape index (κ3) is 4.11. The lowest BCUT2D eigenvalue weighted by molar-refractivity contribution is 0.284. The summed E-state index contributed by atoms with van der Waals surface area (Å²) in [5.74, 6) is 2.85. The van der Waals surface area contributed by atoms with Crippen LogP contribution in [0.1, 0.15) is 5.56 Å². The van der Waals surface area contributed by atoms with Gasteiger partial charge in [-0.25, -0.2) is 0 Å². The number of aromatic nitrogens is 3. The molecule has 0 atom stereocenters. The molecular formula is C27H23N3O3. The standard InChI is InChI=1S/C27H23N3O3/c1-31-23-11-7-6-10-22(23)27-29-28-26-15-13-21(17-30(26)27)20-12-14-24(25(16-20)32-2)33-18-19-8-4-3-5-9-19/h3-17H,18H2,1-2H3. The minimum atomic E-state index is 0.478. The summed E-state index contributed by atoms with van der Waals surface area (Å²) in [6, 6.07) is 27.8. The van der Waals surface area contributed by atoms with Gasteiger partial charge < -0.3 is 14.2 Å². The normalized spacial score (nSPS) is 10.8. The Labute approximate surface area is 192 Å². The molecule has 0 saturated heterocycles. The molecule has 0 radical (unpaired) electrons. The van der Waals surface area contributed by atoms with E-state index < -0.39 is 0 Å². The lowest BCUT2D eigenvalue weighted by Crippen LogP contribution is -1.98. The van der Waals surface area contributed by atoms with Gasteiger partial charge in [-0.2, -0.15) is 0 Å². The van der Waals surface area contributed by atoms with Gasteiger partial charge in [0.15, 0.2) is 23.0 Å². The molecule has 0 aliphatic rings. The van der Waals surface area contributed by atoms with Crippen molar-refractivity contribution in [1.82, 2.24) is 14.6 Å². The van der Waals surface area contributed by atoms with Crippen LogP contribution in [0.4, 0.5) is 0 Å². The molecule has 0 aliphatic heterocycles. The minimum Gasteiger partial charge on any atom is -0.496 e. The van der Waals surface area contributed by atoms with Gasteiger partial charge in [0, 0.05) is 6.20 Å². The molecular weight excluding hydrogens is 414 g/mol. The Hall–Kier alpha value is -4.32. The number of methoxy groups -OCH3 is 2. The summed E-state index contributed by atoms with van der Waals surface area (Å²) in [5, 5.41) is 8.72. The van der Waals surface area contributed by atoms with Gasteiger partial charge >= 0.3 is 0 Å². The lowest BCUT2D eigenvalue weighted by Gasteiger charge is -2.13. The Bertz CT molecular complexity index is 1400. The lowest BCUT2D eigenvalue weighted by atomic mass is 10.1. The van der Waals surface area contributed by atoms with E-state index in [4.69, 9.17) is 14.2 Å². The molecule has 0 saturated carbocycles. The van der Waals surface area contributed by atoms with Crippen molar-refractivity contribution >= 4 is 5.65 Å². The molecule has 0 unspecified atom stereocenters. The predicted molar refractivity (Wildman–Crippen MR) is 128 cm³/mol. The Morgan fingerprint density at radius 3 is 2.27 bits per heavy atom. The van der Waals surface area contributed by atoms with E-state index in [2.05, 4.69) is 10.2 Å². The van der Waals surface area contributed by atoms with Crippen LogP contribution < -0.4 is 14.2 Å². The molecule has 2 heterocycles. The highest BCUT2D eigenvalue weighted by atomic mass is 16.5. The Kier molecular flexibility index (Phi) is 5.64. The van der Waals surface area contributed by atoms with Gasteiger partial charge in [0.1, 0.15) is 12.4 Å². The number of hydrogen-bond donors (Lipinski definition) is 0. The first-order valence-corrected chi connectivity index (χ1v) is 10.6. The van der Waals surface area contributed by atoms with Gasteiger partial charge in [-0.1, -0.05) is 48.5 Å². The summed E-state index contributed by atoms with van der Waals surface area (Å²) < 4.78 is 19.1. The van der Waals surface area contributed by atoms with Crippen LogP contribution in [-0.4, -0.2) is 28.8 Å². The number of pyridine rings is 1. The maximum atomic E-state index is 6.00. The zero-order chi connectivity index (χ0) is 22.6. The number of para-hydroxylation sites is 1. The van der Waals surface area contributed by atoms with Crippen LogP contribution in [0.5, 0.6) is 17.2 Å². The van der Waals surface area contributed by atoms with Gasteiger partial charge in [0.25, 0.3) is 0 Å². The smallest absolute Gasteiger partial charge is 0.172 e. The summed E-state index contributed by atoms with van der Waals surface area (Å²) in [5.41, 5.74) is 4.75. The SMILES string of the molecule is COc1cc(-c2ccc3nnc(-c4ccccc4OC)n3c2)ccc1OCc1ccccc1. The van der Waals surface area contributed by atoms with E-state index in [-0.39, 0.29) is 0 Å². The Morgan fingerprint density at radius 2 is 1.45 bits per heavy atom. The van der Waals surface area contributed by atoms with Crippen LogP contribution in [0.3, 0.4) is 0 Å². The summed E-state index contributed by atoms with van der Waals surface area (Å²) >= 11 is 0. The van der Waals surface area contributed by atoms with Gasteiger partial charge in [-0.05, 0) is 53.1 Å². The fraction of sp³-hybridized carbons (Fsp3) is 0.111. The highest BCUT2D eigenvalue weighted by molar-refractivity contribution is 5.71. The molecule has 0 N–H and O–H groups in total. The van der Waals surface area contributed by atoms with Crippen molar-refractivity contribution in [3.05, 3.63) is 96.7 Å². The van der Waals surface area contributed by atoms with E-state index in [1.54, 1.807) is 14.2 Å². The van der Waals surface area contributed by atoms with Crippen molar-refractivity contribution in [3.63, 3.8) is 0 Å². The highest BCUT2D eigenvalue weighted by Gasteiger charge is 2.14. The first-order valence-electron chi connectivity index (χ1n) is 10.6. The number of hydrogen-bond acceptors (Lipinski definition) is 5. The minimum absolute atomic E-state index is 0.478. The molecule has 5 rings (SSSR count). The quantitative estimate of drug-likeness (QED) is 0.329. The molecule has 0 aliphatic carbocycles. The fourth-order valence-corrected chi connectivity index (χ4v) is 3.78. The fourth-order valence-electron chi connectivity index (χ4n) is 3.78. The molecule has 0 amide bonds. The summed E-state index contributed by atoms with van der Waals surface area (Å²) in [4.78, 5) is 0. The van der Waals surface area contributed by atoms with Gasteiger partial charge in [0.05, 0.1) is 19.8 Å². The van der Waals surface area contributed by atoms with Crippen LogP contribution in [-0.2, 0) is 6.61 Å². The third-order valence-electron chi connectivity index (χ3n) is 5.48. The summed E-state index contributed by atoms with van der Waals surface area (Å²) in [7, 11) is 3.30. The van der Waals surface area contributed by atoms with Crippen molar-refractivity contribution in [2.24, 2.45) is 0 Å². The van der Waals surface area contributed by atoms with E-state index >= 15 is 0 Å². The van der Waals surface area contributed by atoms with Crippen LogP contribution in [0.15, 0.2) is 91.1 Å². The van der Waals surface area contributed by atoms with Gasteiger partial charge in [-0.15, -0.1) is 10.2 Å². The monoisotopic (exact) mass is 437 g/mol. The second-order valence-electron chi connectivity index (χ2n) is 7.51. The summed E-state index contributed by atoms with van der Waals surface area (Å²) in [6.07, 6.45) is 2.02. The molecule has 3 aromatic carbocycles. The van der Waals surface area contributed by atoms with Crippen molar-refractivity contribution in [2.75, 3.05) is 14.2 Å². The van der Waals surface area contributed by atoms with E-state index in [9.17, 15) is 0 Å². The van der Waals surface area contributed by atoms with Crippen LogP contribution in [0, 0.1) is 0 Å². The third-order valence-corrected chi connectivity index (χ3v) is 5.48. The largest absolute Gasteiger partial charge is 0.496 e. The molecule has 5 aromatic rings. The van der Waals surface area contributed by atoms with Crippen LogP contribution in [0.2, 0.25) is 0 Å². The second-order valence-corrected chi connectivity index (χ2v) is 7.51. The van der Waals surface area contributed by atoms with E-state index in [0.717, 1.165) is 39.5 Å². The summed E-state index contributed by atoms with van der Waals surface area (Å²) in [6.45, 7) is 0.478. The first-order chi connectivity index (χ1) is 16.3. The Morgan fingerprint density at radius 1 is 0.697 bits per heavy atom. The molecule has 2 aromatic heterocycles. The molecule has 33 heavy (non-hydrogen) atoms. The van der Waals surface area contributed by atoms with Crippen molar-refractivity contribution in [2.45, 2.75) is 6.61 Å². The maximum absolute atomic E-state index is 6.00. The molecule has 0 spiro atoms. The van der Waals surface area contributed by atoms with Gasteiger partial charge in [-0.3, -0.25) is 4.40 Å². The molecule has 0 fully saturated rings. The number of fused-ring (bicyclic) bond motifs is 1. The van der Waals surface area contributed by atoms with E-state index in [1.807, 2.05) is 95.5 Å². The highest BCUT2D eigenvalue weighted by Crippen LogP contribution is 2.34. The molecule has 0 bridgehead atoms. The predicted octanol–water partition coefficient (Wildman–Crippen LogP) is 5.66. The van der Waals surface area contributed by atoms with Crippen molar-refractivity contribution in [1.29, 1.82) is 0 Å². The first kappa shape index (κ1) is 20.6. The van der Waals surface area contributed by atoms with Crippen molar-refractivity contribution < 1.29 is 14.2 Å². The van der Waals surface area contributed by atoms with Crippen molar-refractivity contribution in [3.8, 4) is 39.8 Å². The second kappa shape index (κ2) is 9.04. The zero-order valence-electron chi connectivity index (χ0n) is 18.4. The average Bonchev–Trinajstić information content (AvgIpc) is 3.31. The van der Waals surface area contributed by atoms with E-state index in [1.165, 1.54) is 0 Å². The zero-order valence-corrected chi connectivity index (χ0v) is 18.4. The molecule has 6 nitrogen and oxygen atoms in total. The average molecular weight is 437 g/mol. The molecule has 6 heteroatoms. The van der Waals surface area contributed by atoms with Crippen LogP contribution in [0.25, 0.3) is 28.2 Å². The Balaban J connectivity index is 1.48. The van der Waals surface area contributed by atoms with Crippen LogP contribution >= 0.6 is 0 Å².